The van der Waals surface area contributed by atoms with Crippen LogP contribution in [-0.2, 0) is 0 Å². The predicted octanol–water partition coefficient (Wildman–Crippen LogP) is 1.65. The fourth-order valence-corrected chi connectivity index (χ4v) is 1.63. The second-order valence-corrected chi connectivity index (χ2v) is 3.63. The first-order chi connectivity index (χ1) is 8.24. The Bertz CT molecular complexity index is 534. The molecule has 0 saturated carbocycles. The maximum atomic E-state index is 8.73. The lowest BCUT2D eigenvalue weighted by molar-refractivity contribution is 0.311. The summed E-state index contributed by atoms with van der Waals surface area (Å²) < 4.78 is 5.15. The quantitative estimate of drug-likeness (QED) is 0.736. The Hall–Kier alpha value is -1.72. The summed E-state index contributed by atoms with van der Waals surface area (Å²) in [5, 5.41) is 12.7. The minimum atomic E-state index is 0. The van der Waals surface area contributed by atoms with Crippen LogP contribution in [0.4, 0.5) is 11.5 Å². The summed E-state index contributed by atoms with van der Waals surface area (Å²) in [6.45, 7) is 0.551. The van der Waals surface area contributed by atoms with Gasteiger partial charge in [0.05, 0.1) is 24.9 Å². The SMILES string of the molecule is COc1cc2nc(NCCO)ccc2cc1N.Cl. The third-order valence-electron chi connectivity index (χ3n) is 2.46. The van der Waals surface area contributed by atoms with Crippen molar-refractivity contribution in [2.75, 3.05) is 31.3 Å². The number of nitrogens with two attached hydrogens (primary N) is 1. The van der Waals surface area contributed by atoms with Crippen molar-refractivity contribution >= 4 is 34.8 Å². The van der Waals surface area contributed by atoms with Gasteiger partial charge in [0, 0.05) is 18.0 Å². The minimum Gasteiger partial charge on any atom is -0.495 e. The van der Waals surface area contributed by atoms with E-state index >= 15 is 0 Å². The number of hydrogen-bond donors (Lipinski definition) is 3. The van der Waals surface area contributed by atoms with Crippen LogP contribution in [0.15, 0.2) is 24.3 Å². The molecule has 1 aromatic heterocycles. The predicted molar refractivity (Wildman–Crippen MR) is 75.5 cm³/mol. The van der Waals surface area contributed by atoms with Crippen molar-refractivity contribution in [1.29, 1.82) is 0 Å². The molecule has 0 atom stereocenters. The molecule has 4 N–H and O–H groups in total. The number of aliphatic hydroxyl groups excluding tert-OH is 1. The maximum Gasteiger partial charge on any atom is 0.143 e. The van der Waals surface area contributed by atoms with Crippen LogP contribution in [0.25, 0.3) is 10.9 Å². The fraction of sp³-hybridized carbons (Fsp3) is 0.250. The largest absolute Gasteiger partial charge is 0.495 e. The second kappa shape index (κ2) is 6.28. The zero-order chi connectivity index (χ0) is 12.3. The number of aromatic nitrogens is 1. The van der Waals surface area contributed by atoms with Gasteiger partial charge in [-0.1, -0.05) is 0 Å². The first-order valence-corrected chi connectivity index (χ1v) is 5.33. The van der Waals surface area contributed by atoms with Crippen LogP contribution in [-0.4, -0.2) is 30.4 Å². The standard InChI is InChI=1S/C12H15N3O2.ClH/c1-17-11-7-10-8(6-9(11)13)2-3-12(15-10)14-4-5-16;/h2-3,6-7,16H,4-5,13H2,1H3,(H,14,15);1H. The van der Waals surface area contributed by atoms with E-state index in [1.165, 1.54) is 0 Å². The van der Waals surface area contributed by atoms with E-state index in [0.717, 1.165) is 16.7 Å². The molecule has 0 saturated heterocycles. The lowest BCUT2D eigenvalue weighted by atomic mass is 10.2. The van der Waals surface area contributed by atoms with Crippen LogP contribution < -0.4 is 15.8 Å². The van der Waals surface area contributed by atoms with E-state index in [1.54, 1.807) is 13.2 Å². The van der Waals surface area contributed by atoms with Gasteiger partial charge in [-0.2, -0.15) is 0 Å². The lowest BCUT2D eigenvalue weighted by Gasteiger charge is -2.08. The Morgan fingerprint density at radius 1 is 1.39 bits per heavy atom. The summed E-state index contributed by atoms with van der Waals surface area (Å²) >= 11 is 0. The molecule has 2 aromatic rings. The molecular weight excluding hydrogens is 254 g/mol. The molecule has 98 valence electrons. The van der Waals surface area contributed by atoms with Gasteiger partial charge < -0.3 is 20.9 Å². The van der Waals surface area contributed by atoms with E-state index in [4.69, 9.17) is 15.6 Å². The molecule has 6 heteroatoms. The number of nitrogens with one attached hydrogen (secondary N) is 1. The topological polar surface area (TPSA) is 80.4 Å². The molecule has 5 nitrogen and oxygen atoms in total. The number of fused-ring (bicyclic) bond motifs is 1. The highest BCUT2D eigenvalue weighted by Crippen LogP contribution is 2.27. The first kappa shape index (κ1) is 14.3. The molecule has 1 heterocycles. The molecule has 18 heavy (non-hydrogen) atoms. The Kier molecular flexibility index (Phi) is 5.00. The third kappa shape index (κ3) is 2.94. The third-order valence-corrected chi connectivity index (χ3v) is 2.46. The molecular formula is C12H16ClN3O2. The molecule has 0 unspecified atom stereocenters. The Balaban J connectivity index is 0.00000162. The monoisotopic (exact) mass is 269 g/mol. The molecule has 0 aliphatic heterocycles. The maximum absolute atomic E-state index is 8.73. The number of methoxy groups -OCH3 is 1. The van der Waals surface area contributed by atoms with Crippen LogP contribution in [0, 0.1) is 0 Å². The number of aliphatic hydroxyl groups is 1. The Morgan fingerprint density at radius 3 is 2.83 bits per heavy atom. The molecule has 0 radical (unpaired) electrons. The van der Waals surface area contributed by atoms with Gasteiger partial charge in [-0.15, -0.1) is 12.4 Å². The van der Waals surface area contributed by atoms with Crippen LogP contribution >= 0.6 is 12.4 Å². The fourth-order valence-electron chi connectivity index (χ4n) is 1.63. The molecule has 0 bridgehead atoms. The molecule has 2 rings (SSSR count). The van der Waals surface area contributed by atoms with Crippen LogP contribution in [0.2, 0.25) is 0 Å². The lowest BCUT2D eigenvalue weighted by Crippen LogP contribution is -2.06. The smallest absolute Gasteiger partial charge is 0.143 e. The van der Waals surface area contributed by atoms with Crippen LogP contribution in [0.5, 0.6) is 5.75 Å². The van der Waals surface area contributed by atoms with E-state index in [2.05, 4.69) is 10.3 Å². The normalized spacial score (nSPS) is 9.89. The highest BCUT2D eigenvalue weighted by molar-refractivity contribution is 5.86. The molecule has 0 spiro atoms. The van der Waals surface area contributed by atoms with Crippen LogP contribution in [0.3, 0.4) is 0 Å². The van der Waals surface area contributed by atoms with E-state index < -0.39 is 0 Å². The molecule has 0 amide bonds. The van der Waals surface area contributed by atoms with E-state index in [-0.39, 0.29) is 19.0 Å². The number of benzene rings is 1. The number of hydrogen-bond acceptors (Lipinski definition) is 5. The van der Waals surface area contributed by atoms with Gasteiger partial charge in [0.15, 0.2) is 0 Å². The molecule has 0 aliphatic rings. The summed E-state index contributed by atoms with van der Waals surface area (Å²) in [7, 11) is 1.57. The van der Waals surface area contributed by atoms with Gasteiger partial charge in [-0.3, -0.25) is 0 Å². The summed E-state index contributed by atoms with van der Waals surface area (Å²) in [5.74, 6) is 1.34. The minimum absolute atomic E-state index is 0. The van der Waals surface area contributed by atoms with Gasteiger partial charge in [0.25, 0.3) is 0 Å². The second-order valence-electron chi connectivity index (χ2n) is 3.63. The summed E-state index contributed by atoms with van der Waals surface area (Å²) in [6, 6.07) is 7.41. The highest BCUT2D eigenvalue weighted by atomic mass is 35.5. The number of pyridine rings is 1. The van der Waals surface area contributed by atoms with Crippen molar-refractivity contribution in [2.24, 2.45) is 0 Å². The molecule has 0 fully saturated rings. The van der Waals surface area contributed by atoms with Crippen molar-refractivity contribution in [2.45, 2.75) is 0 Å². The average Bonchev–Trinajstić information content (AvgIpc) is 2.35. The number of nitrogens with zero attached hydrogens (tertiary/aromatic N) is 1. The average molecular weight is 270 g/mol. The summed E-state index contributed by atoms with van der Waals surface area (Å²) in [5.41, 5.74) is 7.21. The summed E-state index contributed by atoms with van der Waals surface area (Å²) in [6.07, 6.45) is 0. The van der Waals surface area contributed by atoms with Gasteiger partial charge in [-0.05, 0) is 18.2 Å². The van der Waals surface area contributed by atoms with E-state index in [9.17, 15) is 0 Å². The van der Waals surface area contributed by atoms with Crippen molar-refractivity contribution in [3.05, 3.63) is 24.3 Å². The molecule has 0 aliphatic carbocycles. The van der Waals surface area contributed by atoms with Crippen molar-refractivity contribution < 1.29 is 9.84 Å². The number of ether oxygens (including phenoxy) is 1. The van der Waals surface area contributed by atoms with Crippen molar-refractivity contribution in [3.8, 4) is 5.75 Å². The van der Waals surface area contributed by atoms with Crippen molar-refractivity contribution in [1.82, 2.24) is 4.98 Å². The van der Waals surface area contributed by atoms with Gasteiger partial charge >= 0.3 is 0 Å². The number of nitrogen functional groups attached to an aromatic ring is 1. The highest BCUT2D eigenvalue weighted by Gasteiger charge is 2.04. The van der Waals surface area contributed by atoms with Crippen LogP contribution in [0.1, 0.15) is 0 Å². The Labute approximate surface area is 111 Å². The number of halogens is 1. The van der Waals surface area contributed by atoms with Crippen molar-refractivity contribution in [3.63, 3.8) is 0 Å². The Morgan fingerprint density at radius 2 is 2.17 bits per heavy atom. The number of rotatable bonds is 4. The number of anilines is 2. The van der Waals surface area contributed by atoms with Gasteiger partial charge in [-0.25, -0.2) is 4.98 Å². The van der Waals surface area contributed by atoms with E-state index in [1.807, 2.05) is 18.2 Å². The van der Waals surface area contributed by atoms with Gasteiger partial charge in [0.2, 0.25) is 0 Å². The molecule has 1 aromatic carbocycles. The zero-order valence-corrected chi connectivity index (χ0v) is 10.8. The summed E-state index contributed by atoms with van der Waals surface area (Å²) in [4.78, 5) is 4.40. The van der Waals surface area contributed by atoms with Gasteiger partial charge in [0.1, 0.15) is 11.6 Å². The zero-order valence-electron chi connectivity index (χ0n) is 10.0. The van der Waals surface area contributed by atoms with E-state index in [0.29, 0.717) is 18.0 Å². The first-order valence-electron chi connectivity index (χ1n) is 5.33.